The van der Waals surface area contributed by atoms with Crippen LogP contribution in [0.15, 0.2) is 24.3 Å². The molecule has 2 rings (SSSR count). The summed E-state index contributed by atoms with van der Waals surface area (Å²) < 4.78 is 0. The second kappa shape index (κ2) is 4.98. The van der Waals surface area contributed by atoms with E-state index < -0.39 is 0 Å². The summed E-state index contributed by atoms with van der Waals surface area (Å²) in [5.41, 5.74) is 0.401. The Kier molecular flexibility index (Phi) is 3.57. The van der Waals surface area contributed by atoms with Crippen molar-refractivity contribution >= 4 is 11.6 Å². The Balaban J connectivity index is 2.10. The molecule has 1 heterocycles. The van der Waals surface area contributed by atoms with E-state index in [2.05, 4.69) is 24.5 Å². The van der Waals surface area contributed by atoms with E-state index in [1.54, 1.807) is 24.3 Å². The fourth-order valence-electron chi connectivity index (χ4n) is 2.44. The number of anilines is 1. The molecule has 1 aromatic carbocycles. The summed E-state index contributed by atoms with van der Waals surface area (Å²) in [6.07, 6.45) is 2.12. The van der Waals surface area contributed by atoms with Crippen LogP contribution >= 0.6 is 0 Å². The topological polar surface area (TPSA) is 61.4 Å². The minimum absolute atomic E-state index is 0.0628. The van der Waals surface area contributed by atoms with Crippen molar-refractivity contribution in [2.24, 2.45) is 5.41 Å². The summed E-state index contributed by atoms with van der Waals surface area (Å²) in [5, 5.41) is 15.7. The van der Waals surface area contributed by atoms with Crippen molar-refractivity contribution < 1.29 is 9.90 Å². The van der Waals surface area contributed by atoms with Crippen LogP contribution in [-0.2, 0) is 4.79 Å². The van der Waals surface area contributed by atoms with Gasteiger partial charge in [0.15, 0.2) is 0 Å². The van der Waals surface area contributed by atoms with Crippen LogP contribution in [0.2, 0.25) is 0 Å². The minimum Gasteiger partial charge on any atom is -0.506 e. The molecule has 1 aliphatic heterocycles. The van der Waals surface area contributed by atoms with Gasteiger partial charge in [0, 0.05) is 0 Å². The minimum atomic E-state index is -0.217. The normalized spacial score (nSPS) is 22.4. The van der Waals surface area contributed by atoms with Crippen LogP contribution in [0.3, 0.4) is 0 Å². The molecule has 4 nitrogen and oxygen atoms in total. The highest BCUT2D eigenvalue weighted by molar-refractivity contribution is 5.96. The van der Waals surface area contributed by atoms with E-state index >= 15 is 0 Å². The van der Waals surface area contributed by atoms with E-state index in [-0.39, 0.29) is 23.1 Å². The number of carbonyl (C=O) groups is 1. The lowest BCUT2D eigenvalue weighted by atomic mass is 9.77. The first-order valence-corrected chi connectivity index (χ1v) is 6.33. The predicted molar refractivity (Wildman–Crippen MR) is 71.5 cm³/mol. The number of phenols is 1. The van der Waals surface area contributed by atoms with E-state index in [9.17, 15) is 9.90 Å². The van der Waals surface area contributed by atoms with Crippen molar-refractivity contribution in [3.05, 3.63) is 24.3 Å². The van der Waals surface area contributed by atoms with Gasteiger partial charge in [-0.15, -0.1) is 0 Å². The molecule has 1 aromatic rings. The summed E-state index contributed by atoms with van der Waals surface area (Å²) in [6.45, 7) is 5.05. The van der Waals surface area contributed by atoms with Gasteiger partial charge in [-0.3, -0.25) is 4.79 Å². The van der Waals surface area contributed by atoms with Gasteiger partial charge in [0.25, 0.3) is 0 Å². The van der Waals surface area contributed by atoms with E-state index in [1.807, 2.05) is 0 Å². The Morgan fingerprint density at radius 2 is 2.17 bits per heavy atom. The van der Waals surface area contributed by atoms with Crippen molar-refractivity contribution in [1.82, 2.24) is 5.32 Å². The maximum atomic E-state index is 12.3. The van der Waals surface area contributed by atoms with Crippen LogP contribution in [0.1, 0.15) is 26.7 Å². The highest BCUT2D eigenvalue weighted by Gasteiger charge is 2.37. The number of nitrogens with one attached hydrogen (secondary N) is 2. The van der Waals surface area contributed by atoms with Gasteiger partial charge in [-0.1, -0.05) is 26.0 Å². The molecule has 0 radical (unpaired) electrons. The number of aromatic hydroxyl groups is 1. The number of carbonyl (C=O) groups excluding carboxylic acids is 1. The van der Waals surface area contributed by atoms with Crippen LogP contribution in [0.25, 0.3) is 0 Å². The van der Waals surface area contributed by atoms with Gasteiger partial charge in [-0.25, -0.2) is 0 Å². The largest absolute Gasteiger partial charge is 0.506 e. The van der Waals surface area contributed by atoms with E-state index in [1.165, 1.54) is 0 Å². The fraction of sp³-hybridized carbons (Fsp3) is 0.500. The number of rotatable bonds is 2. The fourth-order valence-corrected chi connectivity index (χ4v) is 2.44. The molecule has 1 amide bonds. The molecule has 0 bridgehead atoms. The highest BCUT2D eigenvalue weighted by atomic mass is 16.3. The first-order chi connectivity index (χ1) is 8.50. The smallest absolute Gasteiger partial charge is 0.242 e. The van der Waals surface area contributed by atoms with Crippen molar-refractivity contribution in [2.75, 3.05) is 11.9 Å². The molecule has 0 spiro atoms. The average molecular weight is 248 g/mol. The number of hydrogen-bond donors (Lipinski definition) is 3. The molecule has 18 heavy (non-hydrogen) atoms. The third-order valence-corrected chi connectivity index (χ3v) is 3.55. The Morgan fingerprint density at radius 3 is 2.83 bits per heavy atom. The van der Waals surface area contributed by atoms with Gasteiger partial charge in [0.2, 0.25) is 5.91 Å². The second-order valence-corrected chi connectivity index (χ2v) is 5.49. The number of phenolic OH excluding ortho intramolecular Hbond substituents is 1. The molecule has 0 saturated carbocycles. The Morgan fingerprint density at radius 1 is 1.44 bits per heavy atom. The Bertz CT molecular complexity index is 443. The van der Waals surface area contributed by atoms with Crippen LogP contribution in [-0.4, -0.2) is 23.6 Å². The van der Waals surface area contributed by atoms with Crippen molar-refractivity contribution in [3.63, 3.8) is 0 Å². The van der Waals surface area contributed by atoms with Gasteiger partial charge in [-0.05, 0) is 36.9 Å². The maximum absolute atomic E-state index is 12.3. The van der Waals surface area contributed by atoms with Gasteiger partial charge < -0.3 is 15.7 Å². The monoisotopic (exact) mass is 248 g/mol. The van der Waals surface area contributed by atoms with Gasteiger partial charge >= 0.3 is 0 Å². The lowest BCUT2D eigenvalue weighted by Crippen LogP contribution is -2.53. The average Bonchev–Trinajstić information content (AvgIpc) is 2.31. The molecule has 3 N–H and O–H groups in total. The molecule has 98 valence electrons. The number of amides is 1. The zero-order valence-corrected chi connectivity index (χ0v) is 10.9. The summed E-state index contributed by atoms with van der Waals surface area (Å²) in [5.74, 6) is 0.0145. The molecular weight excluding hydrogens is 228 g/mol. The number of piperidine rings is 1. The molecule has 0 aliphatic carbocycles. The Labute approximate surface area is 107 Å². The second-order valence-electron chi connectivity index (χ2n) is 5.49. The Hall–Kier alpha value is -1.55. The summed E-state index contributed by atoms with van der Waals surface area (Å²) >= 11 is 0. The van der Waals surface area contributed by atoms with Crippen molar-refractivity contribution in [1.29, 1.82) is 0 Å². The van der Waals surface area contributed by atoms with Crippen LogP contribution in [0.5, 0.6) is 5.75 Å². The van der Waals surface area contributed by atoms with Crippen molar-refractivity contribution in [2.45, 2.75) is 32.7 Å². The zero-order chi connectivity index (χ0) is 13.2. The van der Waals surface area contributed by atoms with Crippen LogP contribution in [0, 0.1) is 5.41 Å². The molecule has 1 aliphatic rings. The van der Waals surface area contributed by atoms with Crippen LogP contribution in [0.4, 0.5) is 5.69 Å². The lowest BCUT2D eigenvalue weighted by molar-refractivity contribution is -0.121. The zero-order valence-electron chi connectivity index (χ0n) is 10.9. The third-order valence-electron chi connectivity index (χ3n) is 3.55. The molecule has 0 aromatic heterocycles. The van der Waals surface area contributed by atoms with Crippen LogP contribution < -0.4 is 10.6 Å². The number of hydrogen-bond acceptors (Lipinski definition) is 3. The molecule has 4 heteroatoms. The van der Waals surface area contributed by atoms with Crippen molar-refractivity contribution in [3.8, 4) is 5.75 Å². The molecular formula is C14H20N2O2. The standard InChI is InChI=1S/C14H20N2O2/c1-14(2)8-5-9-15-12(14)13(18)16-10-6-3-4-7-11(10)17/h3-4,6-7,12,15,17H,5,8-9H2,1-2H3,(H,16,18). The van der Waals surface area contributed by atoms with E-state index in [4.69, 9.17) is 0 Å². The molecule has 1 atom stereocenters. The predicted octanol–water partition coefficient (Wildman–Crippen LogP) is 2.11. The maximum Gasteiger partial charge on any atom is 0.242 e. The van der Waals surface area contributed by atoms with Gasteiger partial charge in [0.1, 0.15) is 5.75 Å². The number of benzene rings is 1. The molecule has 1 fully saturated rings. The summed E-state index contributed by atoms with van der Waals surface area (Å²) in [6, 6.07) is 6.56. The van der Waals surface area contributed by atoms with E-state index in [0.29, 0.717) is 5.69 Å². The third kappa shape index (κ3) is 2.64. The molecule has 1 saturated heterocycles. The quantitative estimate of drug-likeness (QED) is 0.702. The first kappa shape index (κ1) is 12.9. The molecule has 1 unspecified atom stereocenters. The lowest BCUT2D eigenvalue weighted by Gasteiger charge is -2.38. The van der Waals surface area contributed by atoms with Gasteiger partial charge in [0.05, 0.1) is 11.7 Å². The SMILES string of the molecule is CC1(C)CCCNC1C(=O)Nc1ccccc1O. The first-order valence-electron chi connectivity index (χ1n) is 6.33. The highest BCUT2D eigenvalue weighted by Crippen LogP contribution is 2.31. The summed E-state index contributed by atoms with van der Waals surface area (Å²) in [7, 11) is 0. The van der Waals surface area contributed by atoms with Gasteiger partial charge in [-0.2, -0.15) is 0 Å². The van der Waals surface area contributed by atoms with E-state index in [0.717, 1.165) is 19.4 Å². The summed E-state index contributed by atoms with van der Waals surface area (Å²) in [4.78, 5) is 12.3. The number of para-hydroxylation sites is 2.